The van der Waals surface area contributed by atoms with Crippen LogP contribution in [0, 0.1) is 0 Å². The molecule has 1 aliphatic carbocycles. The monoisotopic (exact) mass is 258 g/mol. The SMILES string of the molecule is ClCc1cccc(Oc2ccc3c(c2)CCC3)c1. The predicted octanol–water partition coefficient (Wildman–Crippen LogP) is 4.71. The van der Waals surface area contributed by atoms with Crippen molar-refractivity contribution in [2.45, 2.75) is 25.1 Å². The fourth-order valence-corrected chi connectivity index (χ4v) is 2.61. The Hall–Kier alpha value is -1.47. The summed E-state index contributed by atoms with van der Waals surface area (Å²) >= 11 is 5.82. The van der Waals surface area contributed by atoms with Crippen molar-refractivity contribution in [3.63, 3.8) is 0 Å². The van der Waals surface area contributed by atoms with E-state index in [1.54, 1.807) is 0 Å². The Morgan fingerprint density at radius 3 is 2.67 bits per heavy atom. The molecule has 0 radical (unpaired) electrons. The molecule has 2 heteroatoms. The quantitative estimate of drug-likeness (QED) is 0.725. The summed E-state index contributed by atoms with van der Waals surface area (Å²) in [5.41, 5.74) is 3.98. The first-order valence-electron chi connectivity index (χ1n) is 6.30. The fraction of sp³-hybridized carbons (Fsp3) is 0.250. The van der Waals surface area contributed by atoms with Gasteiger partial charge in [-0.3, -0.25) is 0 Å². The van der Waals surface area contributed by atoms with E-state index in [4.69, 9.17) is 16.3 Å². The van der Waals surface area contributed by atoms with Gasteiger partial charge in [0.15, 0.2) is 0 Å². The molecule has 0 amide bonds. The molecule has 1 aliphatic rings. The van der Waals surface area contributed by atoms with Crippen LogP contribution in [0.3, 0.4) is 0 Å². The van der Waals surface area contributed by atoms with E-state index in [1.165, 1.54) is 30.4 Å². The average Bonchev–Trinajstić information content (AvgIpc) is 2.86. The van der Waals surface area contributed by atoms with E-state index in [0.29, 0.717) is 5.88 Å². The van der Waals surface area contributed by atoms with Crippen LogP contribution in [-0.4, -0.2) is 0 Å². The second kappa shape index (κ2) is 5.03. The first kappa shape index (κ1) is 11.6. The molecule has 92 valence electrons. The Morgan fingerprint density at radius 1 is 0.944 bits per heavy atom. The lowest BCUT2D eigenvalue weighted by Gasteiger charge is -2.08. The van der Waals surface area contributed by atoms with Crippen molar-refractivity contribution < 1.29 is 4.74 Å². The Labute approximate surface area is 112 Å². The summed E-state index contributed by atoms with van der Waals surface area (Å²) < 4.78 is 5.89. The highest BCUT2D eigenvalue weighted by Crippen LogP contribution is 2.29. The van der Waals surface area contributed by atoms with Crippen LogP contribution in [0.1, 0.15) is 23.1 Å². The maximum atomic E-state index is 5.89. The summed E-state index contributed by atoms with van der Waals surface area (Å²) in [5.74, 6) is 2.29. The molecule has 2 aromatic carbocycles. The van der Waals surface area contributed by atoms with Gasteiger partial charge in [0.25, 0.3) is 0 Å². The molecular formula is C16H15ClO. The molecule has 0 unspecified atom stereocenters. The Bertz CT molecular complexity index is 563. The highest BCUT2D eigenvalue weighted by molar-refractivity contribution is 6.17. The van der Waals surface area contributed by atoms with Crippen LogP contribution in [0.5, 0.6) is 11.5 Å². The van der Waals surface area contributed by atoms with E-state index < -0.39 is 0 Å². The normalized spacial score (nSPS) is 13.4. The number of hydrogen-bond acceptors (Lipinski definition) is 1. The second-order valence-corrected chi connectivity index (χ2v) is 4.93. The van der Waals surface area contributed by atoms with Gasteiger partial charge < -0.3 is 4.74 Å². The van der Waals surface area contributed by atoms with Crippen molar-refractivity contribution in [2.24, 2.45) is 0 Å². The van der Waals surface area contributed by atoms with Gasteiger partial charge in [-0.2, -0.15) is 0 Å². The van der Waals surface area contributed by atoms with Crippen molar-refractivity contribution in [1.82, 2.24) is 0 Å². The number of ether oxygens (including phenoxy) is 1. The first-order chi connectivity index (χ1) is 8.85. The molecule has 0 N–H and O–H groups in total. The Balaban J connectivity index is 1.83. The number of halogens is 1. The van der Waals surface area contributed by atoms with Crippen LogP contribution in [-0.2, 0) is 18.7 Å². The zero-order chi connectivity index (χ0) is 12.4. The molecule has 0 saturated carbocycles. The van der Waals surface area contributed by atoms with E-state index in [-0.39, 0.29) is 0 Å². The minimum atomic E-state index is 0.515. The van der Waals surface area contributed by atoms with Crippen molar-refractivity contribution >= 4 is 11.6 Å². The summed E-state index contributed by atoms with van der Waals surface area (Å²) in [4.78, 5) is 0. The van der Waals surface area contributed by atoms with Crippen LogP contribution in [0.25, 0.3) is 0 Å². The zero-order valence-corrected chi connectivity index (χ0v) is 10.9. The highest BCUT2D eigenvalue weighted by Gasteiger charge is 2.11. The van der Waals surface area contributed by atoms with E-state index in [1.807, 2.05) is 24.3 Å². The number of benzene rings is 2. The second-order valence-electron chi connectivity index (χ2n) is 4.67. The molecule has 0 aliphatic heterocycles. The van der Waals surface area contributed by atoms with Crippen LogP contribution >= 0.6 is 11.6 Å². The fourth-order valence-electron chi connectivity index (χ4n) is 2.44. The molecule has 0 heterocycles. The van der Waals surface area contributed by atoms with E-state index >= 15 is 0 Å². The van der Waals surface area contributed by atoms with Gasteiger partial charge in [0.2, 0.25) is 0 Å². The number of alkyl halides is 1. The summed E-state index contributed by atoms with van der Waals surface area (Å²) in [5, 5.41) is 0. The summed E-state index contributed by atoms with van der Waals surface area (Å²) in [7, 11) is 0. The van der Waals surface area contributed by atoms with Crippen LogP contribution < -0.4 is 4.74 Å². The maximum absolute atomic E-state index is 5.89. The van der Waals surface area contributed by atoms with Gasteiger partial charge in [-0.15, -0.1) is 11.6 Å². The van der Waals surface area contributed by atoms with Crippen LogP contribution in [0.2, 0.25) is 0 Å². The molecule has 3 rings (SSSR count). The summed E-state index contributed by atoms with van der Waals surface area (Å²) in [6.07, 6.45) is 3.64. The third-order valence-electron chi connectivity index (χ3n) is 3.36. The minimum Gasteiger partial charge on any atom is -0.457 e. The molecular weight excluding hydrogens is 244 g/mol. The number of aryl methyl sites for hydroxylation is 2. The lowest BCUT2D eigenvalue weighted by molar-refractivity contribution is 0.481. The standard InChI is InChI=1S/C16H15ClO/c17-11-12-3-1-6-15(9-12)18-16-8-7-13-4-2-5-14(13)10-16/h1,3,6-10H,2,4-5,11H2. The molecule has 2 aromatic rings. The smallest absolute Gasteiger partial charge is 0.127 e. The van der Waals surface area contributed by atoms with E-state index in [2.05, 4.69) is 18.2 Å². The highest BCUT2D eigenvalue weighted by atomic mass is 35.5. The van der Waals surface area contributed by atoms with E-state index in [9.17, 15) is 0 Å². The molecule has 0 atom stereocenters. The number of rotatable bonds is 3. The molecule has 18 heavy (non-hydrogen) atoms. The maximum Gasteiger partial charge on any atom is 0.127 e. The number of hydrogen-bond donors (Lipinski definition) is 0. The molecule has 0 aromatic heterocycles. The topological polar surface area (TPSA) is 9.23 Å². The molecule has 0 saturated heterocycles. The molecule has 0 bridgehead atoms. The largest absolute Gasteiger partial charge is 0.457 e. The van der Waals surface area contributed by atoms with Gasteiger partial charge in [0.05, 0.1) is 0 Å². The molecule has 0 spiro atoms. The Kier molecular flexibility index (Phi) is 3.24. The Morgan fingerprint density at radius 2 is 1.78 bits per heavy atom. The van der Waals surface area contributed by atoms with Gasteiger partial charge in [0, 0.05) is 5.88 Å². The first-order valence-corrected chi connectivity index (χ1v) is 6.83. The van der Waals surface area contributed by atoms with Crippen molar-refractivity contribution in [3.05, 3.63) is 59.2 Å². The third-order valence-corrected chi connectivity index (χ3v) is 3.67. The van der Waals surface area contributed by atoms with Gasteiger partial charge in [-0.1, -0.05) is 18.2 Å². The molecule has 0 fully saturated rings. The summed E-state index contributed by atoms with van der Waals surface area (Å²) in [6, 6.07) is 14.3. The van der Waals surface area contributed by atoms with Gasteiger partial charge >= 0.3 is 0 Å². The van der Waals surface area contributed by atoms with Gasteiger partial charge in [0.1, 0.15) is 11.5 Å². The van der Waals surface area contributed by atoms with Crippen LogP contribution in [0.15, 0.2) is 42.5 Å². The zero-order valence-electron chi connectivity index (χ0n) is 10.2. The van der Waals surface area contributed by atoms with Crippen molar-refractivity contribution in [2.75, 3.05) is 0 Å². The lowest BCUT2D eigenvalue weighted by atomic mass is 10.1. The summed E-state index contributed by atoms with van der Waals surface area (Å²) in [6.45, 7) is 0. The number of fused-ring (bicyclic) bond motifs is 1. The van der Waals surface area contributed by atoms with Crippen molar-refractivity contribution in [1.29, 1.82) is 0 Å². The van der Waals surface area contributed by atoms with E-state index in [0.717, 1.165) is 17.1 Å². The van der Waals surface area contributed by atoms with Crippen LogP contribution in [0.4, 0.5) is 0 Å². The van der Waals surface area contributed by atoms with Gasteiger partial charge in [-0.25, -0.2) is 0 Å². The van der Waals surface area contributed by atoms with Crippen molar-refractivity contribution in [3.8, 4) is 11.5 Å². The predicted molar refractivity (Wildman–Crippen MR) is 74.5 cm³/mol. The minimum absolute atomic E-state index is 0.515. The lowest BCUT2D eigenvalue weighted by Crippen LogP contribution is -1.88. The molecule has 1 nitrogen and oxygen atoms in total. The third kappa shape index (κ3) is 2.37. The van der Waals surface area contributed by atoms with Gasteiger partial charge in [-0.05, 0) is 60.2 Å². The average molecular weight is 259 g/mol.